The highest BCUT2D eigenvalue weighted by Gasteiger charge is 2.13. The zero-order valence-corrected chi connectivity index (χ0v) is 18.0. The highest BCUT2D eigenvalue weighted by molar-refractivity contribution is 7.99. The van der Waals surface area contributed by atoms with Gasteiger partial charge in [0.25, 0.3) is 0 Å². The maximum atomic E-state index is 12.7. The number of hydrogen-bond donors (Lipinski definition) is 0. The summed E-state index contributed by atoms with van der Waals surface area (Å²) in [5.41, 5.74) is 1.20. The number of hydrogen-bond acceptors (Lipinski definition) is 7. The van der Waals surface area contributed by atoms with E-state index in [4.69, 9.17) is 16.3 Å². The summed E-state index contributed by atoms with van der Waals surface area (Å²) >= 11 is 7.15. The fraction of sp³-hybridized carbons (Fsp3) is 0.200. The van der Waals surface area contributed by atoms with Crippen molar-refractivity contribution >= 4 is 40.1 Å². The van der Waals surface area contributed by atoms with Crippen molar-refractivity contribution in [3.63, 3.8) is 0 Å². The highest BCUT2D eigenvalue weighted by atomic mass is 35.5. The van der Waals surface area contributed by atoms with Crippen LogP contribution in [-0.4, -0.2) is 37.5 Å². The molecular formula is C20H18ClN3O3S2. The maximum absolute atomic E-state index is 12.7. The van der Waals surface area contributed by atoms with Gasteiger partial charge in [0, 0.05) is 16.1 Å². The predicted octanol–water partition coefficient (Wildman–Crippen LogP) is 4.16. The predicted molar refractivity (Wildman–Crippen MR) is 114 cm³/mol. The Labute approximate surface area is 180 Å². The quantitative estimate of drug-likeness (QED) is 0.291. The van der Waals surface area contributed by atoms with Crippen LogP contribution in [-0.2, 0) is 26.1 Å². The van der Waals surface area contributed by atoms with Crippen molar-refractivity contribution in [1.82, 2.24) is 15.0 Å². The first-order valence-electron chi connectivity index (χ1n) is 8.77. The molecule has 9 heteroatoms. The van der Waals surface area contributed by atoms with Crippen molar-refractivity contribution in [2.45, 2.75) is 22.6 Å². The minimum atomic E-state index is -1.30. The first-order chi connectivity index (χ1) is 14.0. The Balaban J connectivity index is 1.86. The summed E-state index contributed by atoms with van der Waals surface area (Å²) in [6, 6.07) is 14.1. The van der Waals surface area contributed by atoms with E-state index in [1.54, 1.807) is 55.6 Å². The van der Waals surface area contributed by atoms with Crippen molar-refractivity contribution in [2.75, 3.05) is 12.4 Å². The monoisotopic (exact) mass is 447 g/mol. The first-order valence-corrected chi connectivity index (χ1v) is 11.4. The zero-order chi connectivity index (χ0) is 20.6. The number of carbonyl (C=O) groups excluding carboxylic acids is 1. The molecule has 0 N–H and O–H groups in total. The van der Waals surface area contributed by atoms with Crippen LogP contribution in [0.15, 0.2) is 64.6 Å². The number of carbonyl (C=O) groups is 1. The molecule has 0 aliphatic heterocycles. The van der Waals surface area contributed by atoms with Gasteiger partial charge in [0.2, 0.25) is 0 Å². The second-order valence-corrected chi connectivity index (χ2v) is 8.66. The van der Waals surface area contributed by atoms with Crippen LogP contribution in [0.4, 0.5) is 0 Å². The lowest BCUT2D eigenvalue weighted by molar-refractivity contribution is -0.139. The Morgan fingerprint density at radius 1 is 1.17 bits per heavy atom. The highest BCUT2D eigenvalue weighted by Crippen LogP contribution is 2.23. The molecule has 0 amide bonds. The summed E-state index contributed by atoms with van der Waals surface area (Å²) in [4.78, 5) is 25.7. The van der Waals surface area contributed by atoms with Crippen molar-refractivity contribution in [3.8, 4) is 11.5 Å². The normalized spacial score (nSPS) is 11.8. The number of rotatable bonds is 8. The smallest absolute Gasteiger partial charge is 0.316 e. The molecule has 6 nitrogen and oxygen atoms in total. The average molecular weight is 448 g/mol. The van der Waals surface area contributed by atoms with E-state index in [1.165, 1.54) is 11.8 Å². The van der Waals surface area contributed by atoms with Crippen LogP contribution in [0.1, 0.15) is 12.6 Å². The summed E-state index contributed by atoms with van der Waals surface area (Å²) in [6.45, 7) is 2.09. The molecular weight excluding hydrogens is 430 g/mol. The van der Waals surface area contributed by atoms with E-state index in [0.29, 0.717) is 38.8 Å². The fourth-order valence-corrected chi connectivity index (χ4v) is 4.24. The number of pyridine rings is 1. The lowest BCUT2D eigenvalue weighted by Crippen LogP contribution is -2.08. The van der Waals surface area contributed by atoms with E-state index in [-0.39, 0.29) is 17.5 Å². The van der Waals surface area contributed by atoms with E-state index < -0.39 is 10.8 Å². The Hall–Kier alpha value is -2.29. The molecule has 3 rings (SSSR count). The molecule has 0 fully saturated rings. The van der Waals surface area contributed by atoms with Gasteiger partial charge in [-0.15, -0.1) is 0 Å². The molecule has 0 aliphatic carbocycles. The van der Waals surface area contributed by atoms with E-state index in [0.717, 1.165) is 0 Å². The van der Waals surface area contributed by atoms with Crippen LogP contribution in [0.25, 0.3) is 11.5 Å². The number of halogens is 1. The summed E-state index contributed by atoms with van der Waals surface area (Å²) in [7, 11) is -1.30. The second kappa shape index (κ2) is 10.5. The number of aromatic nitrogens is 3. The molecule has 150 valence electrons. The van der Waals surface area contributed by atoms with Crippen molar-refractivity contribution < 1.29 is 13.7 Å². The molecule has 0 bridgehead atoms. The topological polar surface area (TPSA) is 82.0 Å². The van der Waals surface area contributed by atoms with Gasteiger partial charge in [-0.1, -0.05) is 29.4 Å². The Kier molecular flexibility index (Phi) is 7.74. The van der Waals surface area contributed by atoms with Crippen molar-refractivity contribution in [1.29, 1.82) is 0 Å². The Bertz CT molecular complexity index is 1000. The summed E-state index contributed by atoms with van der Waals surface area (Å²) in [5, 5.41) is 1.18. The van der Waals surface area contributed by atoms with E-state index in [2.05, 4.69) is 15.0 Å². The molecule has 0 saturated carbocycles. The number of esters is 1. The minimum absolute atomic E-state index is 0.131. The number of nitrogens with zero attached hydrogens (tertiary/aromatic N) is 3. The van der Waals surface area contributed by atoms with Crippen LogP contribution >= 0.6 is 23.4 Å². The van der Waals surface area contributed by atoms with Crippen LogP contribution < -0.4 is 0 Å². The van der Waals surface area contributed by atoms with Gasteiger partial charge >= 0.3 is 5.97 Å². The van der Waals surface area contributed by atoms with E-state index in [9.17, 15) is 9.00 Å². The van der Waals surface area contributed by atoms with Crippen LogP contribution in [0.3, 0.4) is 0 Å². The van der Waals surface area contributed by atoms with Gasteiger partial charge in [-0.25, -0.2) is 9.97 Å². The van der Waals surface area contributed by atoms with E-state index in [1.807, 2.05) is 6.07 Å². The van der Waals surface area contributed by atoms with E-state index >= 15 is 0 Å². The molecule has 0 aliphatic rings. The Morgan fingerprint density at radius 2 is 1.97 bits per heavy atom. The molecule has 1 atom stereocenters. The third-order valence-electron chi connectivity index (χ3n) is 3.65. The van der Waals surface area contributed by atoms with Gasteiger partial charge < -0.3 is 4.74 Å². The van der Waals surface area contributed by atoms with Crippen molar-refractivity contribution in [2.24, 2.45) is 0 Å². The van der Waals surface area contributed by atoms with Gasteiger partial charge in [0.1, 0.15) is 10.7 Å². The van der Waals surface area contributed by atoms with Gasteiger partial charge in [-0.05, 0) is 49.4 Å². The minimum Gasteiger partial charge on any atom is -0.465 e. The third kappa shape index (κ3) is 6.35. The summed E-state index contributed by atoms with van der Waals surface area (Å²) in [5.74, 6) is 0.438. The molecule has 1 aromatic carbocycles. The summed E-state index contributed by atoms with van der Waals surface area (Å²) < 4.78 is 17.7. The third-order valence-corrected chi connectivity index (χ3v) is 6.14. The largest absolute Gasteiger partial charge is 0.465 e. The molecule has 3 aromatic rings. The first kappa shape index (κ1) is 21.4. The number of benzene rings is 1. The SMILES string of the molecule is CCOC(=O)CSc1cc(C[S@](=O)c2ccc(Cl)cc2)nc(-c2ccccn2)n1. The molecule has 2 heterocycles. The van der Waals surface area contributed by atoms with Crippen LogP contribution in [0.5, 0.6) is 0 Å². The molecule has 0 unspecified atom stereocenters. The molecule has 0 saturated heterocycles. The van der Waals surface area contributed by atoms with Gasteiger partial charge in [-0.3, -0.25) is 14.0 Å². The maximum Gasteiger partial charge on any atom is 0.316 e. The average Bonchev–Trinajstić information content (AvgIpc) is 2.73. The van der Waals surface area contributed by atoms with Gasteiger partial charge in [0.05, 0.1) is 34.6 Å². The lowest BCUT2D eigenvalue weighted by Gasteiger charge is -2.08. The lowest BCUT2D eigenvalue weighted by atomic mass is 10.3. The van der Waals surface area contributed by atoms with Gasteiger partial charge in [-0.2, -0.15) is 0 Å². The van der Waals surface area contributed by atoms with Crippen molar-refractivity contribution in [3.05, 3.63) is 65.4 Å². The Morgan fingerprint density at radius 3 is 2.66 bits per heavy atom. The molecule has 2 aromatic heterocycles. The summed E-state index contributed by atoms with van der Waals surface area (Å²) in [6.07, 6.45) is 1.66. The van der Waals surface area contributed by atoms with Gasteiger partial charge in [0.15, 0.2) is 5.82 Å². The second-order valence-electron chi connectivity index (χ2n) is 5.77. The standard InChI is InChI=1S/C20H18ClN3O3S2/c1-2-27-19(25)12-28-18-11-15(13-29(26)16-8-6-14(21)7-9-16)23-20(24-18)17-5-3-4-10-22-17/h3-11H,2,12-13H2,1H3/t29-/m0/s1. The molecule has 29 heavy (non-hydrogen) atoms. The molecule has 0 radical (unpaired) electrons. The number of thioether (sulfide) groups is 1. The van der Waals surface area contributed by atoms with Crippen LogP contribution in [0.2, 0.25) is 5.02 Å². The number of ether oxygens (including phenoxy) is 1. The molecule has 0 spiro atoms. The zero-order valence-electron chi connectivity index (χ0n) is 15.6. The van der Waals surface area contributed by atoms with Crippen LogP contribution in [0, 0.1) is 0 Å². The fourth-order valence-electron chi connectivity index (χ4n) is 2.37.